The van der Waals surface area contributed by atoms with Crippen molar-refractivity contribution in [2.75, 3.05) is 9.71 Å². The Morgan fingerprint density at radius 2 is 1.17 bits per heavy atom. The van der Waals surface area contributed by atoms with Gasteiger partial charge < -0.3 is 14.1 Å². The molecule has 5 heteroatoms. The standard InChI is InChI=1S/C65H49BN2OS/c1-38-31-50-51(65(4,5)30-29-64(50,2)3)37-54(38)67-55-34-43-19-11-10-18-42(43)33-52(55)66-61-49(36-47-46-21-13-14-22-56(46)69-63(47)62(61)67)59-53(68(66)45-25-23-40(24-26-45)39-15-7-6-8-16-39)27-28-57-60(59)48-32-41-17-9-12-20-44(41)35-58(48)70-57/h6-28,31-37H,29-30H2,1-5H3. The van der Waals surface area contributed by atoms with E-state index in [2.05, 4.69) is 226 Å². The summed E-state index contributed by atoms with van der Waals surface area (Å²) in [6.45, 7) is 11.9. The molecule has 3 nitrogen and oxygen atoms in total. The Kier molecular flexibility index (Phi) is 8.20. The molecule has 0 unspecified atom stereocenters. The van der Waals surface area contributed by atoms with Crippen LogP contribution in [0.1, 0.15) is 57.2 Å². The van der Waals surface area contributed by atoms with Crippen LogP contribution in [0.5, 0.6) is 0 Å². The Labute approximate surface area is 412 Å². The molecule has 0 N–H and O–H groups in total. The maximum atomic E-state index is 7.33. The normalized spacial score (nSPS) is 15.5. The average Bonchev–Trinajstić information content (AvgIpc) is 3.95. The zero-order valence-electron chi connectivity index (χ0n) is 40.0. The van der Waals surface area contributed by atoms with Gasteiger partial charge in [-0.05, 0) is 157 Å². The summed E-state index contributed by atoms with van der Waals surface area (Å²) in [6, 6.07) is 68.7. The first-order valence-corrected chi connectivity index (χ1v) is 25.7. The van der Waals surface area contributed by atoms with Gasteiger partial charge in [0.15, 0.2) is 5.58 Å². The van der Waals surface area contributed by atoms with Crippen LogP contribution in [0.15, 0.2) is 186 Å². The van der Waals surface area contributed by atoms with Crippen molar-refractivity contribution in [2.45, 2.75) is 58.3 Å². The summed E-state index contributed by atoms with van der Waals surface area (Å²) in [6.07, 6.45) is 2.31. The van der Waals surface area contributed by atoms with E-state index in [0.29, 0.717) is 0 Å². The smallest absolute Gasteiger partial charge is 0.333 e. The van der Waals surface area contributed by atoms with Crippen LogP contribution in [-0.4, -0.2) is 6.85 Å². The molecular weight excluding hydrogens is 868 g/mol. The van der Waals surface area contributed by atoms with Crippen molar-refractivity contribution < 1.29 is 4.42 Å². The molecule has 2 aliphatic heterocycles. The van der Waals surface area contributed by atoms with E-state index in [1.165, 1.54) is 115 Å². The fourth-order valence-electron chi connectivity index (χ4n) is 12.9. The molecule has 4 heterocycles. The summed E-state index contributed by atoms with van der Waals surface area (Å²) < 4.78 is 9.93. The van der Waals surface area contributed by atoms with E-state index in [9.17, 15) is 0 Å². The van der Waals surface area contributed by atoms with Gasteiger partial charge in [0.1, 0.15) is 5.58 Å². The first kappa shape index (κ1) is 40.3. The molecule has 15 rings (SSSR count). The number of para-hydroxylation sites is 1. The van der Waals surface area contributed by atoms with Crippen LogP contribution >= 0.6 is 11.3 Å². The van der Waals surface area contributed by atoms with Crippen molar-refractivity contribution in [1.29, 1.82) is 0 Å². The summed E-state index contributed by atoms with van der Waals surface area (Å²) in [7, 11) is 0. The second kappa shape index (κ2) is 14.2. The number of hydrogen-bond acceptors (Lipinski definition) is 4. The molecule has 3 aliphatic rings. The van der Waals surface area contributed by atoms with Crippen LogP contribution in [0.2, 0.25) is 0 Å². The molecule has 0 radical (unpaired) electrons. The third kappa shape index (κ3) is 5.58. The Bertz CT molecular complexity index is 4220. The predicted octanol–water partition coefficient (Wildman–Crippen LogP) is 17.3. The summed E-state index contributed by atoms with van der Waals surface area (Å²) in [4.78, 5) is 5.31. The van der Waals surface area contributed by atoms with E-state index in [-0.39, 0.29) is 17.7 Å². The molecule has 0 amide bonds. The molecule has 10 aromatic carbocycles. The molecule has 0 bridgehead atoms. The van der Waals surface area contributed by atoms with Crippen LogP contribution in [-0.2, 0) is 10.8 Å². The lowest BCUT2D eigenvalue weighted by molar-refractivity contribution is 0.332. The number of rotatable bonds is 3. The van der Waals surface area contributed by atoms with E-state index in [0.717, 1.165) is 39.7 Å². The predicted molar refractivity (Wildman–Crippen MR) is 301 cm³/mol. The van der Waals surface area contributed by atoms with Crippen molar-refractivity contribution >= 4 is 121 Å². The molecule has 0 atom stereocenters. The first-order chi connectivity index (χ1) is 34.1. The van der Waals surface area contributed by atoms with Gasteiger partial charge >= 0.3 is 6.85 Å². The van der Waals surface area contributed by atoms with Crippen LogP contribution in [0.3, 0.4) is 0 Å². The topological polar surface area (TPSA) is 19.6 Å². The number of fused-ring (bicyclic) bond motifs is 15. The highest BCUT2D eigenvalue weighted by molar-refractivity contribution is 7.26. The molecule has 0 saturated heterocycles. The molecule has 0 fully saturated rings. The molecule has 70 heavy (non-hydrogen) atoms. The minimum absolute atomic E-state index is 0.0140. The SMILES string of the molecule is Cc1cc2c(cc1N1c3cc4ccccc4cc3B3c4c(cc5c(oc6ccccc65)c41)-c1c(ccc4sc5cc6ccccc6cc5c14)N3c1ccc(-c3ccccc3)cc1)C(C)(C)CCC2(C)C. The maximum Gasteiger partial charge on any atom is 0.333 e. The van der Waals surface area contributed by atoms with E-state index >= 15 is 0 Å². The second-order valence-electron chi connectivity index (χ2n) is 21.5. The molecule has 334 valence electrons. The zero-order chi connectivity index (χ0) is 46.8. The second-order valence-corrected chi connectivity index (χ2v) is 22.6. The zero-order valence-corrected chi connectivity index (χ0v) is 40.8. The first-order valence-electron chi connectivity index (χ1n) is 24.9. The molecular formula is C65H49BN2OS. The van der Waals surface area contributed by atoms with Crippen LogP contribution < -0.4 is 20.6 Å². The quantitative estimate of drug-likeness (QED) is 0.165. The van der Waals surface area contributed by atoms with E-state index in [1.807, 2.05) is 11.3 Å². The lowest BCUT2D eigenvalue weighted by Gasteiger charge is -2.47. The van der Waals surface area contributed by atoms with Gasteiger partial charge in [-0.1, -0.05) is 149 Å². The fraction of sp³-hybridized carbons (Fsp3) is 0.138. The van der Waals surface area contributed by atoms with Gasteiger partial charge in [-0.3, -0.25) is 0 Å². The van der Waals surface area contributed by atoms with Crippen molar-refractivity contribution in [3.8, 4) is 22.3 Å². The number of hydrogen-bond donors (Lipinski definition) is 0. The van der Waals surface area contributed by atoms with Crippen molar-refractivity contribution in [1.82, 2.24) is 0 Å². The van der Waals surface area contributed by atoms with E-state index in [4.69, 9.17) is 4.42 Å². The minimum Gasteiger partial charge on any atom is -0.454 e. The summed E-state index contributed by atoms with van der Waals surface area (Å²) in [5.41, 5.74) is 19.5. The Morgan fingerprint density at radius 3 is 1.93 bits per heavy atom. The highest BCUT2D eigenvalue weighted by Crippen LogP contribution is 2.56. The molecule has 12 aromatic rings. The number of anilines is 5. The monoisotopic (exact) mass is 916 g/mol. The Morgan fingerprint density at radius 1 is 0.529 bits per heavy atom. The van der Waals surface area contributed by atoms with Gasteiger partial charge in [0.25, 0.3) is 0 Å². The van der Waals surface area contributed by atoms with Crippen molar-refractivity contribution in [2.24, 2.45) is 0 Å². The fourth-order valence-corrected chi connectivity index (χ4v) is 14.0. The average molecular weight is 917 g/mol. The number of benzene rings is 10. The number of furan rings is 1. The van der Waals surface area contributed by atoms with E-state index in [1.54, 1.807) is 0 Å². The van der Waals surface area contributed by atoms with Crippen molar-refractivity contribution in [3.63, 3.8) is 0 Å². The lowest BCUT2D eigenvalue weighted by atomic mass is 9.43. The Balaban J connectivity index is 1.13. The summed E-state index contributed by atoms with van der Waals surface area (Å²) >= 11 is 1.91. The number of thiophene rings is 1. The summed E-state index contributed by atoms with van der Waals surface area (Å²) in [5, 5.41) is 9.87. The van der Waals surface area contributed by atoms with Crippen LogP contribution in [0.25, 0.3) is 85.9 Å². The van der Waals surface area contributed by atoms with Gasteiger partial charge in [-0.2, -0.15) is 0 Å². The highest BCUT2D eigenvalue weighted by Gasteiger charge is 2.48. The Hall–Kier alpha value is -7.60. The molecule has 0 saturated carbocycles. The molecule has 1 aliphatic carbocycles. The minimum atomic E-state index is -0.190. The van der Waals surface area contributed by atoms with Gasteiger partial charge in [-0.25, -0.2) is 0 Å². The number of aryl methyl sites for hydroxylation is 1. The van der Waals surface area contributed by atoms with Gasteiger partial charge in [0.2, 0.25) is 0 Å². The third-order valence-corrected chi connectivity index (χ3v) is 17.7. The largest absolute Gasteiger partial charge is 0.454 e. The number of nitrogens with zero attached hydrogens (tertiary/aromatic N) is 2. The molecule has 2 aromatic heterocycles. The van der Waals surface area contributed by atoms with Crippen LogP contribution in [0, 0.1) is 6.92 Å². The molecule has 0 spiro atoms. The summed E-state index contributed by atoms with van der Waals surface area (Å²) in [5.74, 6) is 0. The van der Waals surface area contributed by atoms with Crippen LogP contribution in [0.4, 0.5) is 28.4 Å². The third-order valence-electron chi connectivity index (χ3n) is 16.5. The van der Waals surface area contributed by atoms with Gasteiger partial charge in [0, 0.05) is 59.3 Å². The highest BCUT2D eigenvalue weighted by atomic mass is 32.1. The van der Waals surface area contributed by atoms with E-state index < -0.39 is 0 Å². The van der Waals surface area contributed by atoms with Gasteiger partial charge in [0.05, 0.1) is 5.69 Å². The van der Waals surface area contributed by atoms with Crippen molar-refractivity contribution in [3.05, 3.63) is 199 Å². The maximum absolute atomic E-state index is 7.33. The lowest BCUT2D eigenvalue weighted by Crippen LogP contribution is -2.61. The van der Waals surface area contributed by atoms with Gasteiger partial charge in [-0.15, -0.1) is 11.3 Å².